The molecule has 3 aromatic rings. The predicted octanol–water partition coefficient (Wildman–Crippen LogP) is 4.16. The van der Waals surface area contributed by atoms with Crippen molar-refractivity contribution in [3.05, 3.63) is 40.0 Å². The van der Waals surface area contributed by atoms with Crippen LogP contribution in [0.4, 0.5) is 5.69 Å². The molecule has 5 heteroatoms. The highest BCUT2D eigenvalue weighted by Crippen LogP contribution is 2.35. The first-order valence-electron chi connectivity index (χ1n) is 5.67. The molecule has 0 unspecified atom stereocenters. The summed E-state index contributed by atoms with van der Waals surface area (Å²) in [6, 6.07) is 11.9. The van der Waals surface area contributed by atoms with Crippen molar-refractivity contribution >= 4 is 49.8 Å². The molecule has 3 rings (SSSR count). The number of anilines is 1. The molecule has 96 valence electrons. The van der Waals surface area contributed by atoms with Crippen LogP contribution in [0.3, 0.4) is 0 Å². The van der Waals surface area contributed by atoms with Gasteiger partial charge in [-0.25, -0.2) is 4.98 Å². The van der Waals surface area contributed by atoms with E-state index in [1.54, 1.807) is 18.4 Å². The lowest BCUT2D eigenvalue weighted by Crippen LogP contribution is -1.89. The molecule has 2 N–H and O–H groups in total. The lowest BCUT2D eigenvalue weighted by Gasteiger charge is -2.01. The Morgan fingerprint density at radius 3 is 2.84 bits per heavy atom. The molecule has 1 aromatic heterocycles. The van der Waals surface area contributed by atoms with Gasteiger partial charge in [-0.2, -0.15) is 0 Å². The van der Waals surface area contributed by atoms with Crippen LogP contribution in [0.25, 0.3) is 20.8 Å². The van der Waals surface area contributed by atoms with E-state index in [1.165, 1.54) is 0 Å². The third-order valence-electron chi connectivity index (χ3n) is 2.84. The number of nitrogen functional groups attached to an aromatic ring is 1. The molecule has 0 aliphatic carbocycles. The normalized spacial score (nSPS) is 10.8. The Morgan fingerprint density at radius 1 is 1.21 bits per heavy atom. The zero-order valence-corrected chi connectivity index (χ0v) is 13.2. The van der Waals surface area contributed by atoms with E-state index in [1.807, 2.05) is 30.3 Å². The first-order valence-corrected chi connectivity index (χ1v) is 7.57. The van der Waals surface area contributed by atoms with Crippen molar-refractivity contribution in [2.45, 2.75) is 0 Å². The number of benzene rings is 2. The second kappa shape index (κ2) is 4.97. The second-order valence-electron chi connectivity index (χ2n) is 4.08. The molecule has 19 heavy (non-hydrogen) atoms. The van der Waals surface area contributed by atoms with E-state index >= 15 is 0 Å². The van der Waals surface area contributed by atoms with Crippen molar-refractivity contribution in [1.82, 2.24) is 4.98 Å². The molecule has 3 nitrogen and oxygen atoms in total. The SMILES string of the molecule is COc1ccc2nc(-c3cc(I)ccc3N)sc2c1. The van der Waals surface area contributed by atoms with Crippen molar-refractivity contribution < 1.29 is 4.74 Å². The van der Waals surface area contributed by atoms with Gasteiger partial charge in [0.2, 0.25) is 0 Å². The van der Waals surface area contributed by atoms with E-state index < -0.39 is 0 Å². The lowest BCUT2D eigenvalue weighted by atomic mass is 10.2. The van der Waals surface area contributed by atoms with Gasteiger partial charge < -0.3 is 10.5 Å². The number of fused-ring (bicyclic) bond motifs is 1. The first kappa shape index (κ1) is 12.7. The van der Waals surface area contributed by atoms with Crippen molar-refractivity contribution in [3.8, 4) is 16.3 Å². The number of thiazole rings is 1. The van der Waals surface area contributed by atoms with Crippen molar-refractivity contribution in [2.24, 2.45) is 0 Å². The van der Waals surface area contributed by atoms with E-state index in [0.29, 0.717) is 0 Å². The van der Waals surface area contributed by atoms with Gasteiger partial charge in [-0.05, 0) is 59.0 Å². The molecule has 0 atom stereocenters. The molecular weight excluding hydrogens is 371 g/mol. The molecule has 1 heterocycles. The van der Waals surface area contributed by atoms with Gasteiger partial charge in [0.05, 0.1) is 17.3 Å². The number of hydrogen-bond acceptors (Lipinski definition) is 4. The highest BCUT2D eigenvalue weighted by Gasteiger charge is 2.10. The van der Waals surface area contributed by atoms with Crippen LogP contribution in [-0.2, 0) is 0 Å². The number of halogens is 1. The first-order chi connectivity index (χ1) is 9.17. The summed E-state index contributed by atoms with van der Waals surface area (Å²) in [5, 5.41) is 0.944. The molecule has 0 radical (unpaired) electrons. The van der Waals surface area contributed by atoms with Gasteiger partial charge in [-0.3, -0.25) is 0 Å². The number of rotatable bonds is 2. The average molecular weight is 382 g/mol. The van der Waals surface area contributed by atoms with E-state index in [-0.39, 0.29) is 0 Å². The molecular formula is C14H11IN2OS. The largest absolute Gasteiger partial charge is 0.497 e. The fourth-order valence-corrected chi connectivity index (χ4v) is 3.38. The van der Waals surface area contributed by atoms with Crippen molar-refractivity contribution in [1.29, 1.82) is 0 Å². The third kappa shape index (κ3) is 2.40. The fraction of sp³-hybridized carbons (Fsp3) is 0.0714. The lowest BCUT2D eigenvalue weighted by molar-refractivity contribution is 0.415. The maximum atomic E-state index is 6.04. The Morgan fingerprint density at radius 2 is 2.05 bits per heavy atom. The Labute approximate surface area is 128 Å². The molecule has 0 saturated heterocycles. The van der Waals surface area contributed by atoms with Gasteiger partial charge in [-0.15, -0.1) is 11.3 Å². The molecule has 0 spiro atoms. The van der Waals surface area contributed by atoms with Gasteiger partial charge in [-0.1, -0.05) is 0 Å². The number of nitrogens with zero attached hydrogens (tertiary/aromatic N) is 1. The molecule has 0 bridgehead atoms. The molecule has 0 aliphatic rings. The number of aromatic nitrogens is 1. The van der Waals surface area contributed by atoms with Crippen LogP contribution in [0.1, 0.15) is 0 Å². The van der Waals surface area contributed by atoms with Crippen LogP contribution in [0.5, 0.6) is 5.75 Å². The molecule has 0 aliphatic heterocycles. The van der Waals surface area contributed by atoms with Crippen LogP contribution in [0.2, 0.25) is 0 Å². The number of methoxy groups -OCH3 is 1. The zero-order chi connectivity index (χ0) is 13.4. The van der Waals surface area contributed by atoms with Gasteiger partial charge in [0, 0.05) is 14.8 Å². The average Bonchev–Trinajstić information content (AvgIpc) is 2.83. The summed E-state index contributed by atoms with van der Waals surface area (Å²) in [6.07, 6.45) is 0. The topological polar surface area (TPSA) is 48.1 Å². The predicted molar refractivity (Wildman–Crippen MR) is 88.7 cm³/mol. The minimum absolute atomic E-state index is 0.756. The monoisotopic (exact) mass is 382 g/mol. The number of hydrogen-bond donors (Lipinski definition) is 1. The second-order valence-corrected chi connectivity index (χ2v) is 6.36. The summed E-state index contributed by atoms with van der Waals surface area (Å²) in [4.78, 5) is 4.64. The van der Waals surface area contributed by atoms with Crippen molar-refractivity contribution in [3.63, 3.8) is 0 Å². The van der Waals surface area contributed by atoms with E-state index in [2.05, 4.69) is 33.6 Å². The minimum Gasteiger partial charge on any atom is -0.497 e. The van der Waals surface area contributed by atoms with Gasteiger partial charge in [0.1, 0.15) is 10.8 Å². The van der Waals surface area contributed by atoms with E-state index in [9.17, 15) is 0 Å². The quantitative estimate of drug-likeness (QED) is 0.535. The van der Waals surface area contributed by atoms with Crippen LogP contribution in [0.15, 0.2) is 36.4 Å². The smallest absolute Gasteiger partial charge is 0.126 e. The highest BCUT2D eigenvalue weighted by atomic mass is 127. The van der Waals surface area contributed by atoms with Gasteiger partial charge >= 0.3 is 0 Å². The standard InChI is InChI=1S/C14H11IN2OS/c1-18-9-3-5-12-13(7-9)19-14(17-12)10-6-8(15)2-4-11(10)16/h2-7H,16H2,1H3. The molecule has 0 saturated carbocycles. The Kier molecular flexibility index (Phi) is 3.32. The summed E-state index contributed by atoms with van der Waals surface area (Å²) in [5.41, 5.74) is 8.76. The maximum absolute atomic E-state index is 6.04. The van der Waals surface area contributed by atoms with Crippen LogP contribution in [-0.4, -0.2) is 12.1 Å². The van der Waals surface area contributed by atoms with Crippen LogP contribution >= 0.6 is 33.9 Å². The third-order valence-corrected chi connectivity index (χ3v) is 4.56. The maximum Gasteiger partial charge on any atom is 0.126 e. The van der Waals surface area contributed by atoms with Crippen LogP contribution < -0.4 is 10.5 Å². The Balaban J connectivity index is 2.17. The Hall–Kier alpha value is -1.34. The zero-order valence-electron chi connectivity index (χ0n) is 10.2. The number of nitrogens with two attached hydrogens (primary N) is 1. The van der Waals surface area contributed by atoms with E-state index in [4.69, 9.17) is 10.5 Å². The van der Waals surface area contributed by atoms with Crippen molar-refractivity contribution in [2.75, 3.05) is 12.8 Å². The van der Waals surface area contributed by atoms with Crippen LogP contribution in [0, 0.1) is 3.57 Å². The van der Waals surface area contributed by atoms with Gasteiger partial charge in [0.15, 0.2) is 0 Å². The summed E-state index contributed by atoms with van der Waals surface area (Å²) in [7, 11) is 1.67. The summed E-state index contributed by atoms with van der Waals surface area (Å²) in [5.74, 6) is 0.846. The minimum atomic E-state index is 0.756. The summed E-state index contributed by atoms with van der Waals surface area (Å²) < 4.78 is 7.49. The number of ether oxygens (including phenoxy) is 1. The van der Waals surface area contributed by atoms with Gasteiger partial charge in [0.25, 0.3) is 0 Å². The molecule has 0 amide bonds. The Bertz CT molecular complexity index is 754. The fourth-order valence-electron chi connectivity index (χ4n) is 1.86. The van der Waals surface area contributed by atoms with E-state index in [0.717, 1.165) is 35.8 Å². The molecule has 0 fully saturated rings. The molecule has 2 aromatic carbocycles. The summed E-state index contributed by atoms with van der Waals surface area (Å²) in [6.45, 7) is 0. The summed E-state index contributed by atoms with van der Waals surface area (Å²) >= 11 is 3.91. The highest BCUT2D eigenvalue weighted by molar-refractivity contribution is 14.1.